The lowest BCUT2D eigenvalue weighted by atomic mass is 10.1. The van der Waals surface area contributed by atoms with E-state index in [0.29, 0.717) is 6.54 Å². The molecule has 0 bridgehead atoms. The second-order valence-electron chi connectivity index (χ2n) is 4.63. The fourth-order valence-electron chi connectivity index (χ4n) is 2.10. The number of nitrogens with zero attached hydrogens (tertiary/aromatic N) is 2. The maximum Gasteiger partial charge on any atom is 0.182 e. The summed E-state index contributed by atoms with van der Waals surface area (Å²) >= 11 is 4.67. The molecule has 2 rings (SSSR count). The SMILES string of the molecule is CCc1nn(C)cc1CNc1ccc(C(N)=S)c(F)c1F. The minimum Gasteiger partial charge on any atom is -0.389 e. The molecule has 3 N–H and O–H groups in total. The highest BCUT2D eigenvalue weighted by Crippen LogP contribution is 2.21. The molecule has 0 saturated heterocycles. The van der Waals surface area contributed by atoms with Crippen LogP contribution in [0.4, 0.5) is 14.5 Å². The van der Waals surface area contributed by atoms with Gasteiger partial charge in [-0.15, -0.1) is 0 Å². The minimum atomic E-state index is -1.03. The number of rotatable bonds is 5. The maximum absolute atomic E-state index is 13.9. The molecule has 2 aromatic rings. The third-order valence-electron chi connectivity index (χ3n) is 3.14. The van der Waals surface area contributed by atoms with Crippen molar-refractivity contribution in [2.24, 2.45) is 12.8 Å². The Balaban J connectivity index is 2.21. The number of anilines is 1. The summed E-state index contributed by atoms with van der Waals surface area (Å²) in [5.74, 6) is -2.02. The van der Waals surface area contributed by atoms with Crippen molar-refractivity contribution in [3.05, 3.63) is 46.8 Å². The standard InChI is InChI=1S/C14H16F2N4S/c1-3-10-8(7-20(2)19-10)6-18-11-5-4-9(14(17)21)12(15)13(11)16/h4-5,7,18H,3,6H2,1-2H3,(H2,17,21). The predicted molar refractivity (Wildman–Crippen MR) is 82.2 cm³/mol. The molecule has 4 nitrogen and oxygen atoms in total. The highest BCUT2D eigenvalue weighted by molar-refractivity contribution is 7.80. The Labute approximate surface area is 127 Å². The van der Waals surface area contributed by atoms with E-state index in [2.05, 4.69) is 22.6 Å². The van der Waals surface area contributed by atoms with Crippen molar-refractivity contribution in [1.29, 1.82) is 0 Å². The van der Waals surface area contributed by atoms with Gasteiger partial charge in [-0.05, 0) is 18.6 Å². The van der Waals surface area contributed by atoms with Crippen LogP contribution in [0, 0.1) is 11.6 Å². The van der Waals surface area contributed by atoms with Crippen molar-refractivity contribution >= 4 is 22.9 Å². The molecule has 0 amide bonds. The summed E-state index contributed by atoms with van der Waals surface area (Å²) in [6.45, 7) is 2.35. The van der Waals surface area contributed by atoms with Crippen LogP contribution in [0.15, 0.2) is 18.3 Å². The first kappa shape index (κ1) is 15.4. The lowest BCUT2D eigenvalue weighted by molar-refractivity contribution is 0.509. The number of halogens is 2. The first-order valence-corrected chi connectivity index (χ1v) is 6.88. The maximum atomic E-state index is 13.9. The molecule has 1 aromatic carbocycles. The number of aryl methyl sites for hydroxylation is 2. The van der Waals surface area contributed by atoms with E-state index in [9.17, 15) is 8.78 Å². The van der Waals surface area contributed by atoms with Gasteiger partial charge < -0.3 is 11.1 Å². The average molecular weight is 310 g/mol. The van der Waals surface area contributed by atoms with Gasteiger partial charge in [0.05, 0.1) is 11.4 Å². The topological polar surface area (TPSA) is 55.9 Å². The van der Waals surface area contributed by atoms with Crippen molar-refractivity contribution in [2.75, 3.05) is 5.32 Å². The molecule has 1 heterocycles. The largest absolute Gasteiger partial charge is 0.389 e. The molecule has 0 atom stereocenters. The fraction of sp³-hybridized carbons (Fsp3) is 0.286. The van der Waals surface area contributed by atoms with Crippen LogP contribution in [0.1, 0.15) is 23.7 Å². The molecule has 0 aliphatic rings. The Morgan fingerprint density at radius 2 is 2.10 bits per heavy atom. The van der Waals surface area contributed by atoms with Gasteiger partial charge in [0.25, 0.3) is 0 Å². The second kappa shape index (κ2) is 6.17. The van der Waals surface area contributed by atoms with Gasteiger partial charge in [0.2, 0.25) is 0 Å². The summed E-state index contributed by atoms with van der Waals surface area (Å²) in [6, 6.07) is 2.79. The molecule has 0 radical (unpaired) electrons. The molecule has 7 heteroatoms. The summed E-state index contributed by atoms with van der Waals surface area (Å²) < 4.78 is 29.4. The summed E-state index contributed by atoms with van der Waals surface area (Å²) in [5.41, 5.74) is 7.17. The molecule has 0 saturated carbocycles. The van der Waals surface area contributed by atoms with Crippen LogP contribution in [0.3, 0.4) is 0 Å². The van der Waals surface area contributed by atoms with Crippen molar-refractivity contribution in [2.45, 2.75) is 19.9 Å². The van der Waals surface area contributed by atoms with Crippen molar-refractivity contribution < 1.29 is 8.78 Å². The third kappa shape index (κ3) is 3.18. The Hall–Kier alpha value is -2.02. The number of nitrogens with two attached hydrogens (primary N) is 1. The highest BCUT2D eigenvalue weighted by atomic mass is 32.1. The van der Waals surface area contributed by atoms with E-state index in [-0.39, 0.29) is 16.2 Å². The molecule has 0 fully saturated rings. The van der Waals surface area contributed by atoms with Gasteiger partial charge in [-0.25, -0.2) is 8.78 Å². The molecule has 21 heavy (non-hydrogen) atoms. The van der Waals surface area contributed by atoms with E-state index in [1.54, 1.807) is 4.68 Å². The molecule has 0 unspecified atom stereocenters. The van der Waals surface area contributed by atoms with Crippen molar-refractivity contribution in [3.8, 4) is 0 Å². The number of benzene rings is 1. The van der Waals surface area contributed by atoms with Gasteiger partial charge in [0, 0.05) is 30.9 Å². The van der Waals surface area contributed by atoms with Crippen molar-refractivity contribution in [3.63, 3.8) is 0 Å². The number of thiocarbonyl (C=S) groups is 1. The Bertz CT molecular complexity index is 682. The first-order chi connectivity index (χ1) is 9.93. The van der Waals surface area contributed by atoms with E-state index < -0.39 is 11.6 Å². The van der Waals surface area contributed by atoms with Gasteiger partial charge in [-0.3, -0.25) is 4.68 Å². The van der Waals surface area contributed by atoms with Crippen molar-refractivity contribution in [1.82, 2.24) is 9.78 Å². The monoisotopic (exact) mass is 310 g/mol. The number of hydrogen-bond donors (Lipinski definition) is 2. The molecular formula is C14H16F2N4S. The van der Waals surface area contributed by atoms with Crippen LogP contribution in [0.2, 0.25) is 0 Å². The number of hydrogen-bond acceptors (Lipinski definition) is 3. The predicted octanol–water partition coefficient (Wildman–Crippen LogP) is 2.51. The average Bonchev–Trinajstić information content (AvgIpc) is 2.80. The fourth-order valence-corrected chi connectivity index (χ4v) is 2.25. The zero-order valence-electron chi connectivity index (χ0n) is 11.8. The minimum absolute atomic E-state index is 0.0680. The van der Waals surface area contributed by atoms with E-state index in [1.807, 2.05) is 20.2 Å². The Kier molecular flexibility index (Phi) is 4.52. The summed E-state index contributed by atoms with van der Waals surface area (Å²) in [5, 5.41) is 7.17. The summed E-state index contributed by atoms with van der Waals surface area (Å²) in [6.07, 6.45) is 2.62. The van der Waals surface area contributed by atoms with E-state index >= 15 is 0 Å². The zero-order chi connectivity index (χ0) is 15.6. The highest BCUT2D eigenvalue weighted by Gasteiger charge is 2.15. The van der Waals surface area contributed by atoms with E-state index in [1.165, 1.54) is 12.1 Å². The van der Waals surface area contributed by atoms with E-state index in [0.717, 1.165) is 17.7 Å². The Morgan fingerprint density at radius 3 is 2.71 bits per heavy atom. The van der Waals surface area contributed by atoms with Gasteiger partial charge in [-0.1, -0.05) is 19.1 Å². The quantitative estimate of drug-likeness (QED) is 0.833. The lowest BCUT2D eigenvalue weighted by Crippen LogP contribution is -2.14. The molecule has 112 valence electrons. The van der Waals surface area contributed by atoms with Gasteiger partial charge >= 0.3 is 0 Å². The molecule has 1 aromatic heterocycles. The zero-order valence-corrected chi connectivity index (χ0v) is 12.6. The molecular weight excluding hydrogens is 294 g/mol. The van der Waals surface area contributed by atoms with Crippen LogP contribution < -0.4 is 11.1 Å². The van der Waals surface area contributed by atoms with Gasteiger partial charge in [0.15, 0.2) is 11.6 Å². The normalized spacial score (nSPS) is 10.7. The first-order valence-electron chi connectivity index (χ1n) is 6.47. The van der Waals surface area contributed by atoms with Crippen LogP contribution in [0.5, 0.6) is 0 Å². The summed E-state index contributed by atoms with van der Waals surface area (Å²) in [7, 11) is 1.82. The van der Waals surface area contributed by atoms with E-state index in [4.69, 9.17) is 5.73 Å². The van der Waals surface area contributed by atoms with Crippen LogP contribution >= 0.6 is 12.2 Å². The number of nitrogens with one attached hydrogen (secondary N) is 1. The lowest BCUT2D eigenvalue weighted by Gasteiger charge is -2.10. The van der Waals surface area contributed by atoms with Crippen LogP contribution in [0.25, 0.3) is 0 Å². The smallest absolute Gasteiger partial charge is 0.182 e. The molecule has 0 aliphatic carbocycles. The molecule has 0 aliphatic heterocycles. The second-order valence-corrected chi connectivity index (χ2v) is 5.07. The number of aromatic nitrogens is 2. The van der Waals surface area contributed by atoms with Crippen LogP contribution in [-0.4, -0.2) is 14.8 Å². The Morgan fingerprint density at radius 1 is 1.38 bits per heavy atom. The van der Waals surface area contributed by atoms with Gasteiger partial charge in [0.1, 0.15) is 4.99 Å². The third-order valence-corrected chi connectivity index (χ3v) is 3.36. The molecule has 0 spiro atoms. The summed E-state index contributed by atoms with van der Waals surface area (Å²) in [4.78, 5) is -0.168. The van der Waals surface area contributed by atoms with Gasteiger partial charge in [-0.2, -0.15) is 5.10 Å². The van der Waals surface area contributed by atoms with Crippen LogP contribution in [-0.2, 0) is 20.0 Å².